The molecule has 6 nitrogen and oxygen atoms in total. The van der Waals surface area contributed by atoms with Gasteiger partial charge in [0, 0.05) is 25.6 Å². The van der Waals surface area contributed by atoms with Crippen LogP contribution in [-0.4, -0.2) is 59.9 Å². The third-order valence-electron chi connectivity index (χ3n) is 4.48. The third-order valence-corrected chi connectivity index (χ3v) is 4.48. The van der Waals surface area contributed by atoms with Gasteiger partial charge in [-0.3, -0.25) is 9.69 Å². The zero-order valence-corrected chi connectivity index (χ0v) is 12.7. The molecule has 2 fully saturated rings. The summed E-state index contributed by atoms with van der Waals surface area (Å²) in [6.45, 7) is 4.37. The molecule has 2 aliphatic heterocycles. The molecular formula is C15H22N4O2. The average Bonchev–Trinajstić information content (AvgIpc) is 2.93. The molecule has 0 amide bonds. The largest absolute Gasteiger partial charge is 0.464 e. The minimum absolute atomic E-state index is 0.0789. The number of hydrogen-bond acceptors (Lipinski definition) is 6. The Morgan fingerprint density at radius 1 is 1.33 bits per heavy atom. The first-order chi connectivity index (χ1) is 10.1. The second kappa shape index (κ2) is 5.97. The molecule has 0 radical (unpaired) electrons. The molecule has 1 aromatic rings. The van der Waals surface area contributed by atoms with Crippen LogP contribution < -0.4 is 4.90 Å². The molecule has 21 heavy (non-hydrogen) atoms. The quantitative estimate of drug-likeness (QED) is 0.774. The first-order valence-electron chi connectivity index (χ1n) is 7.59. The number of nitrogens with zero attached hydrogens (tertiary/aromatic N) is 4. The summed E-state index contributed by atoms with van der Waals surface area (Å²) in [6.07, 6.45) is 3.01. The zero-order valence-electron chi connectivity index (χ0n) is 12.7. The van der Waals surface area contributed by atoms with Gasteiger partial charge < -0.3 is 9.64 Å². The maximum atomic E-state index is 11.7. The molecule has 0 aliphatic carbocycles. The Morgan fingerprint density at radius 2 is 2.19 bits per heavy atom. The number of carbonyl (C=O) groups excluding carboxylic acids is 1. The molecular weight excluding hydrogens is 268 g/mol. The highest BCUT2D eigenvalue weighted by atomic mass is 16.5. The molecule has 3 heterocycles. The number of anilines is 1. The number of esters is 1. The van der Waals surface area contributed by atoms with Gasteiger partial charge in [0.25, 0.3) is 0 Å². The third kappa shape index (κ3) is 3.00. The van der Waals surface area contributed by atoms with Crippen LogP contribution in [-0.2, 0) is 9.53 Å². The first kappa shape index (κ1) is 14.3. The predicted molar refractivity (Wildman–Crippen MR) is 79.1 cm³/mol. The van der Waals surface area contributed by atoms with Crippen molar-refractivity contribution in [2.75, 3.05) is 31.6 Å². The van der Waals surface area contributed by atoms with Gasteiger partial charge in [-0.1, -0.05) is 0 Å². The number of aryl methyl sites for hydroxylation is 1. The molecule has 2 atom stereocenters. The molecule has 0 spiro atoms. The van der Waals surface area contributed by atoms with Crippen LogP contribution in [0.1, 0.15) is 25.0 Å². The summed E-state index contributed by atoms with van der Waals surface area (Å²) in [6, 6.07) is 4.29. The van der Waals surface area contributed by atoms with Crippen molar-refractivity contribution < 1.29 is 9.53 Å². The van der Waals surface area contributed by atoms with E-state index in [2.05, 4.69) is 20.0 Å². The summed E-state index contributed by atoms with van der Waals surface area (Å²) in [4.78, 5) is 16.2. The molecule has 2 aliphatic rings. The fraction of sp³-hybridized carbons (Fsp3) is 0.667. The van der Waals surface area contributed by atoms with Crippen molar-refractivity contribution in [1.82, 2.24) is 15.1 Å². The lowest BCUT2D eigenvalue weighted by Gasteiger charge is -2.39. The number of hydrogen-bond donors (Lipinski definition) is 0. The lowest BCUT2D eigenvalue weighted by Crippen LogP contribution is -2.51. The van der Waals surface area contributed by atoms with Gasteiger partial charge in [0.05, 0.1) is 12.3 Å². The lowest BCUT2D eigenvalue weighted by atomic mass is 10.0. The van der Waals surface area contributed by atoms with E-state index in [0.29, 0.717) is 12.6 Å². The normalized spacial score (nSPS) is 26.2. The van der Waals surface area contributed by atoms with Crippen LogP contribution in [0.15, 0.2) is 12.1 Å². The first-order valence-corrected chi connectivity index (χ1v) is 7.59. The number of carbonyl (C=O) groups is 1. The summed E-state index contributed by atoms with van der Waals surface area (Å²) in [5.74, 6) is 0.845. The molecule has 0 aromatic carbocycles. The van der Waals surface area contributed by atoms with Crippen molar-refractivity contribution in [3.8, 4) is 0 Å². The minimum Gasteiger partial charge on any atom is -0.464 e. The molecule has 0 bridgehead atoms. The standard InChI is InChI=1S/C15H22N4O2/c1-11-5-6-14(17-16-11)19-8-3-4-12(10-19)18(2)13-7-9-21-15(13)20/h5-6,12-13H,3-4,7-10H2,1-2H3/t12-,13+/m0/s1. The Morgan fingerprint density at radius 3 is 2.86 bits per heavy atom. The topological polar surface area (TPSA) is 58.6 Å². The number of ether oxygens (including phenoxy) is 1. The Kier molecular flexibility index (Phi) is 4.05. The summed E-state index contributed by atoms with van der Waals surface area (Å²) in [5.41, 5.74) is 0.929. The van der Waals surface area contributed by atoms with Crippen molar-refractivity contribution in [3.05, 3.63) is 17.8 Å². The SMILES string of the molecule is Cc1ccc(N2CCC[C@H](N(C)[C@@H]3CCOC3=O)C2)nn1. The van der Waals surface area contributed by atoms with Crippen molar-refractivity contribution in [3.63, 3.8) is 0 Å². The van der Waals surface area contributed by atoms with Gasteiger partial charge in [-0.2, -0.15) is 5.10 Å². The van der Waals surface area contributed by atoms with Crippen LogP contribution in [0.3, 0.4) is 0 Å². The number of aromatic nitrogens is 2. The molecule has 114 valence electrons. The van der Waals surface area contributed by atoms with Crippen molar-refractivity contribution in [1.29, 1.82) is 0 Å². The highest BCUT2D eigenvalue weighted by Gasteiger charge is 2.35. The maximum Gasteiger partial charge on any atom is 0.323 e. The van der Waals surface area contributed by atoms with E-state index in [-0.39, 0.29) is 12.0 Å². The van der Waals surface area contributed by atoms with Crippen LogP contribution in [0, 0.1) is 6.92 Å². The molecule has 0 saturated carbocycles. The molecule has 6 heteroatoms. The van der Waals surface area contributed by atoms with E-state index in [0.717, 1.165) is 43.9 Å². The van der Waals surface area contributed by atoms with E-state index >= 15 is 0 Å². The zero-order chi connectivity index (χ0) is 14.8. The number of cyclic esters (lactones) is 1. The van der Waals surface area contributed by atoms with Gasteiger partial charge in [-0.25, -0.2) is 0 Å². The van der Waals surface area contributed by atoms with E-state index in [1.807, 2.05) is 26.1 Å². The molecule has 0 unspecified atom stereocenters. The maximum absolute atomic E-state index is 11.7. The van der Waals surface area contributed by atoms with E-state index in [4.69, 9.17) is 4.74 Å². The second-order valence-electron chi connectivity index (χ2n) is 5.91. The van der Waals surface area contributed by atoms with Gasteiger partial charge in [-0.05, 0) is 38.9 Å². The van der Waals surface area contributed by atoms with Crippen LogP contribution in [0.5, 0.6) is 0 Å². The van der Waals surface area contributed by atoms with Gasteiger partial charge in [0.15, 0.2) is 5.82 Å². The van der Waals surface area contributed by atoms with Gasteiger partial charge >= 0.3 is 5.97 Å². The van der Waals surface area contributed by atoms with Gasteiger partial charge in [0.2, 0.25) is 0 Å². The van der Waals surface area contributed by atoms with Gasteiger partial charge in [0.1, 0.15) is 6.04 Å². The predicted octanol–water partition coefficient (Wildman–Crippen LogP) is 1.00. The molecule has 2 saturated heterocycles. The summed E-state index contributed by atoms with van der Waals surface area (Å²) < 4.78 is 5.09. The molecule has 3 rings (SSSR count). The van der Waals surface area contributed by atoms with Crippen molar-refractivity contribution >= 4 is 11.8 Å². The van der Waals surface area contributed by atoms with Crippen LogP contribution in [0.2, 0.25) is 0 Å². The highest BCUT2D eigenvalue weighted by molar-refractivity contribution is 5.77. The van der Waals surface area contributed by atoms with Crippen LogP contribution in [0.25, 0.3) is 0 Å². The number of rotatable bonds is 3. The number of likely N-dealkylation sites (N-methyl/N-ethyl adjacent to an activating group) is 1. The van der Waals surface area contributed by atoms with E-state index in [9.17, 15) is 4.79 Å². The van der Waals surface area contributed by atoms with E-state index in [1.54, 1.807) is 0 Å². The smallest absolute Gasteiger partial charge is 0.323 e. The van der Waals surface area contributed by atoms with Crippen molar-refractivity contribution in [2.45, 2.75) is 38.3 Å². The summed E-state index contributed by atoms with van der Waals surface area (Å²) >= 11 is 0. The van der Waals surface area contributed by atoms with Crippen molar-refractivity contribution in [2.24, 2.45) is 0 Å². The Bertz CT molecular complexity index is 505. The highest BCUT2D eigenvalue weighted by Crippen LogP contribution is 2.23. The summed E-state index contributed by atoms with van der Waals surface area (Å²) in [5, 5.41) is 8.41. The van der Waals surface area contributed by atoms with E-state index in [1.165, 1.54) is 0 Å². The molecule has 1 aromatic heterocycles. The minimum atomic E-state index is -0.0842. The monoisotopic (exact) mass is 290 g/mol. The fourth-order valence-corrected chi connectivity index (χ4v) is 3.17. The lowest BCUT2D eigenvalue weighted by molar-refractivity contribution is -0.142. The Labute approximate surface area is 125 Å². The van der Waals surface area contributed by atoms with Crippen LogP contribution >= 0.6 is 0 Å². The second-order valence-corrected chi connectivity index (χ2v) is 5.91. The Balaban J connectivity index is 1.67. The van der Waals surface area contributed by atoms with Gasteiger partial charge in [-0.15, -0.1) is 5.10 Å². The fourth-order valence-electron chi connectivity index (χ4n) is 3.17. The average molecular weight is 290 g/mol. The van der Waals surface area contributed by atoms with E-state index < -0.39 is 0 Å². The summed E-state index contributed by atoms with van der Waals surface area (Å²) in [7, 11) is 2.03. The molecule has 0 N–H and O–H groups in total. The van der Waals surface area contributed by atoms with Crippen LogP contribution in [0.4, 0.5) is 5.82 Å². The number of piperidine rings is 1. The Hall–Kier alpha value is -1.69.